The second-order valence-electron chi connectivity index (χ2n) is 4.96. The first-order valence-corrected chi connectivity index (χ1v) is 6.31. The number of halogens is 9. The summed E-state index contributed by atoms with van der Waals surface area (Å²) in [5, 5.41) is -0.0906. The molecule has 0 atom stereocenters. The van der Waals surface area contributed by atoms with Crippen LogP contribution in [0, 0.1) is 13.8 Å². The average Bonchev–Trinajstić information content (AvgIpc) is 2.37. The number of hydrogen-bond donors (Lipinski definition) is 1. The average molecular weight is 383 g/mol. The Morgan fingerprint density at radius 2 is 1.32 bits per heavy atom. The molecule has 0 radical (unpaired) electrons. The van der Waals surface area contributed by atoms with Gasteiger partial charge in [-0.2, -0.15) is 39.5 Å². The Morgan fingerprint density at radius 3 is 1.72 bits per heavy atom. The number of benzene rings is 1. The van der Waals surface area contributed by atoms with E-state index >= 15 is 0 Å². The van der Waals surface area contributed by atoms with Crippen LogP contribution in [0.1, 0.15) is 11.1 Å². The predicted octanol–water partition coefficient (Wildman–Crippen LogP) is 4.82. The first-order chi connectivity index (χ1) is 11.0. The summed E-state index contributed by atoms with van der Waals surface area (Å²) in [5.74, 6) is -0.488. The number of alkyl halides is 9. The predicted molar refractivity (Wildman–Crippen MR) is 66.0 cm³/mol. The second kappa shape index (κ2) is 6.30. The van der Waals surface area contributed by atoms with Crippen molar-refractivity contribution < 1.29 is 49.0 Å². The summed E-state index contributed by atoms with van der Waals surface area (Å²) in [7, 11) is 0. The summed E-state index contributed by atoms with van der Waals surface area (Å²) in [4.78, 5) is 11.4. The highest BCUT2D eigenvalue weighted by molar-refractivity contribution is 5.72. The van der Waals surface area contributed by atoms with E-state index in [1.807, 2.05) is 0 Å². The molecule has 0 saturated heterocycles. The van der Waals surface area contributed by atoms with Crippen molar-refractivity contribution in [1.29, 1.82) is 0 Å². The van der Waals surface area contributed by atoms with E-state index in [0.717, 1.165) is 6.07 Å². The van der Waals surface area contributed by atoms with Gasteiger partial charge in [0.05, 0.1) is 0 Å². The lowest BCUT2D eigenvalue weighted by Crippen LogP contribution is -2.75. The maximum Gasteiger partial charge on any atom is 0.429 e. The molecule has 0 aliphatic rings. The minimum absolute atomic E-state index is 0.0906. The van der Waals surface area contributed by atoms with Crippen LogP contribution in [0.3, 0.4) is 0 Å². The van der Waals surface area contributed by atoms with Gasteiger partial charge in [-0.3, -0.25) is 5.32 Å². The molecule has 0 spiro atoms. The first kappa shape index (κ1) is 20.9. The van der Waals surface area contributed by atoms with E-state index in [4.69, 9.17) is 0 Å². The van der Waals surface area contributed by atoms with Crippen LogP contribution in [0.4, 0.5) is 44.3 Å². The van der Waals surface area contributed by atoms with Crippen molar-refractivity contribution in [3.05, 3.63) is 29.3 Å². The molecule has 0 heterocycles. The molecule has 25 heavy (non-hydrogen) atoms. The second-order valence-corrected chi connectivity index (χ2v) is 4.96. The Bertz CT molecular complexity index is 610. The highest BCUT2D eigenvalue weighted by Crippen LogP contribution is 2.52. The minimum atomic E-state index is -6.91. The maximum atomic E-state index is 12.7. The lowest BCUT2D eigenvalue weighted by Gasteiger charge is -2.38. The van der Waals surface area contributed by atoms with Gasteiger partial charge in [-0.25, -0.2) is 4.79 Å². The number of amides is 1. The van der Waals surface area contributed by atoms with Crippen molar-refractivity contribution in [1.82, 2.24) is 5.32 Å². The molecule has 1 aromatic rings. The van der Waals surface area contributed by atoms with E-state index in [-0.39, 0.29) is 10.9 Å². The van der Waals surface area contributed by atoms with Crippen molar-refractivity contribution in [2.75, 3.05) is 0 Å². The largest absolute Gasteiger partial charge is 0.429 e. The van der Waals surface area contributed by atoms with Crippen molar-refractivity contribution in [2.24, 2.45) is 0 Å². The van der Waals surface area contributed by atoms with Crippen LogP contribution in [-0.2, 0) is 0 Å². The van der Waals surface area contributed by atoms with Crippen LogP contribution in [0.2, 0.25) is 0 Å². The highest BCUT2D eigenvalue weighted by atomic mass is 19.4. The third kappa shape index (κ3) is 3.76. The van der Waals surface area contributed by atoms with E-state index in [2.05, 4.69) is 4.74 Å². The molecule has 0 fully saturated rings. The van der Waals surface area contributed by atoms with Crippen molar-refractivity contribution in [3.63, 3.8) is 0 Å². The molecule has 142 valence electrons. The van der Waals surface area contributed by atoms with Crippen LogP contribution in [0.5, 0.6) is 5.75 Å². The number of rotatable bonds is 2. The number of ether oxygens (including phenoxy) is 1. The third-order valence-electron chi connectivity index (χ3n) is 3.32. The van der Waals surface area contributed by atoms with Crippen LogP contribution < -0.4 is 10.1 Å². The summed E-state index contributed by atoms with van der Waals surface area (Å²) in [6, 6.07) is 3.72. The molecule has 1 aromatic carbocycles. The Balaban J connectivity index is 3.31. The number of aryl methyl sites for hydroxylation is 1. The summed E-state index contributed by atoms with van der Waals surface area (Å²) < 4.78 is 119. The fourth-order valence-electron chi connectivity index (χ4n) is 1.81. The monoisotopic (exact) mass is 383 g/mol. The van der Waals surface area contributed by atoms with Gasteiger partial charge in [0.2, 0.25) is 0 Å². The van der Waals surface area contributed by atoms with Crippen molar-refractivity contribution >= 4 is 6.09 Å². The standard InChI is InChI=1S/C13H10F9NO2/c1-6-4-3-5-8(7(6)2)25-9(24)23-10(11(14,15)16,12(17,18)19)13(20,21)22/h3-5H,1-2H3,(H,23,24). The molecule has 0 unspecified atom stereocenters. The molecule has 0 aromatic heterocycles. The number of nitrogens with one attached hydrogen (secondary N) is 1. The molecular weight excluding hydrogens is 373 g/mol. The van der Waals surface area contributed by atoms with E-state index in [1.165, 1.54) is 26.0 Å². The van der Waals surface area contributed by atoms with E-state index in [0.29, 0.717) is 5.56 Å². The van der Waals surface area contributed by atoms with Gasteiger partial charge < -0.3 is 4.74 Å². The lowest BCUT2D eigenvalue weighted by atomic mass is 9.97. The molecular formula is C13H10F9NO2. The Hall–Kier alpha value is -2.14. The molecule has 1 N–H and O–H groups in total. The van der Waals surface area contributed by atoms with Crippen LogP contribution in [-0.4, -0.2) is 30.2 Å². The maximum absolute atomic E-state index is 12.7. The number of hydrogen-bond acceptors (Lipinski definition) is 2. The van der Waals surface area contributed by atoms with E-state index in [9.17, 15) is 44.3 Å². The molecule has 3 nitrogen and oxygen atoms in total. The van der Waals surface area contributed by atoms with Crippen molar-refractivity contribution in [3.8, 4) is 5.75 Å². The van der Waals surface area contributed by atoms with Crippen LogP contribution >= 0.6 is 0 Å². The fraction of sp³-hybridized carbons (Fsp3) is 0.462. The zero-order valence-electron chi connectivity index (χ0n) is 12.5. The molecule has 1 amide bonds. The van der Waals surface area contributed by atoms with Crippen molar-refractivity contribution in [2.45, 2.75) is 37.9 Å². The molecule has 1 rings (SSSR count). The van der Waals surface area contributed by atoms with Gasteiger partial charge in [-0.05, 0) is 31.0 Å². The van der Waals surface area contributed by atoms with Gasteiger partial charge in [0.1, 0.15) is 5.75 Å². The number of carbonyl (C=O) groups is 1. The third-order valence-corrected chi connectivity index (χ3v) is 3.32. The SMILES string of the molecule is Cc1cccc(OC(=O)NC(C(F)(F)F)(C(F)(F)F)C(F)(F)F)c1C. The van der Waals surface area contributed by atoms with E-state index < -0.39 is 35.9 Å². The Labute approximate surface area is 134 Å². The smallest absolute Gasteiger partial charge is 0.410 e. The van der Waals surface area contributed by atoms with Crippen LogP contribution in [0.25, 0.3) is 0 Å². The molecule has 0 saturated carbocycles. The highest BCUT2D eigenvalue weighted by Gasteiger charge is 2.85. The zero-order valence-corrected chi connectivity index (χ0v) is 12.5. The summed E-state index contributed by atoms with van der Waals surface area (Å²) in [6.07, 6.45) is -23.3. The van der Waals surface area contributed by atoms with Crippen LogP contribution in [0.15, 0.2) is 18.2 Å². The van der Waals surface area contributed by atoms with Gasteiger partial charge in [0.25, 0.3) is 0 Å². The summed E-state index contributed by atoms with van der Waals surface area (Å²) >= 11 is 0. The number of carbonyl (C=O) groups excluding carboxylic acids is 1. The summed E-state index contributed by atoms with van der Waals surface area (Å²) in [6.45, 7) is 2.79. The van der Waals surface area contributed by atoms with Gasteiger partial charge in [-0.1, -0.05) is 12.1 Å². The fourth-order valence-corrected chi connectivity index (χ4v) is 1.81. The zero-order chi connectivity index (χ0) is 19.8. The molecule has 0 aliphatic carbocycles. The first-order valence-electron chi connectivity index (χ1n) is 6.31. The topological polar surface area (TPSA) is 38.3 Å². The Morgan fingerprint density at radius 1 is 0.880 bits per heavy atom. The summed E-state index contributed by atoms with van der Waals surface area (Å²) in [5.41, 5.74) is -5.88. The molecule has 0 bridgehead atoms. The normalized spacial score (nSPS) is 13.6. The lowest BCUT2D eigenvalue weighted by molar-refractivity contribution is -0.386. The van der Waals surface area contributed by atoms with Gasteiger partial charge in [-0.15, -0.1) is 0 Å². The van der Waals surface area contributed by atoms with Gasteiger partial charge >= 0.3 is 30.2 Å². The minimum Gasteiger partial charge on any atom is -0.410 e. The van der Waals surface area contributed by atoms with E-state index in [1.54, 1.807) is 0 Å². The molecule has 12 heteroatoms. The quantitative estimate of drug-likeness (QED) is 0.744. The van der Waals surface area contributed by atoms with Gasteiger partial charge in [0, 0.05) is 0 Å². The Kier molecular flexibility index (Phi) is 5.27. The molecule has 0 aliphatic heterocycles. The van der Waals surface area contributed by atoms with Gasteiger partial charge in [0.15, 0.2) is 0 Å².